The summed E-state index contributed by atoms with van der Waals surface area (Å²) in [5.41, 5.74) is 0.763. The number of hydrogen-bond donors (Lipinski definition) is 8. The summed E-state index contributed by atoms with van der Waals surface area (Å²) in [4.78, 5) is 102. The van der Waals surface area contributed by atoms with Crippen LogP contribution in [0.15, 0.2) is 42.5 Å². The Kier molecular flexibility index (Phi) is 16.7. The van der Waals surface area contributed by atoms with Gasteiger partial charge in [-0.3, -0.25) is 39.9 Å². The smallest absolute Gasteiger partial charge is 0.303 e. The first kappa shape index (κ1) is 39.3. The highest BCUT2D eigenvalue weighted by molar-refractivity contribution is 5.94. The van der Waals surface area contributed by atoms with Gasteiger partial charge in [0.15, 0.2) is 18.5 Å². The summed E-state index contributed by atoms with van der Waals surface area (Å²) in [5.74, 6) is -4.61. The lowest BCUT2D eigenvalue weighted by Crippen LogP contribution is -2.68. The predicted octanol–water partition coefficient (Wildman–Crippen LogP) is -2.92. The van der Waals surface area contributed by atoms with E-state index in [4.69, 9.17) is 5.11 Å². The van der Waals surface area contributed by atoms with Crippen LogP contribution in [-0.2, 0) is 44.8 Å². The molecule has 8 N–H and O–H groups in total. The monoisotopic (exact) mass is 673 g/mol. The van der Waals surface area contributed by atoms with Crippen molar-refractivity contribution in [3.8, 4) is 0 Å². The average molecular weight is 674 g/mol. The number of carboxylic acids is 1. The molecule has 7 atom stereocenters. The third-order valence-corrected chi connectivity index (χ3v) is 7.27. The number of carbonyl (C=O) groups is 8. The zero-order valence-corrected chi connectivity index (χ0v) is 26.7. The van der Waals surface area contributed by atoms with Gasteiger partial charge in [0.25, 0.3) is 17.7 Å². The maximum absolute atomic E-state index is 14.3. The standard InChI is InChI=1S/C31H43N7O10/c1-19(42)23(18-41)35-27-31(48)38(28(30(47)32-2)34-22(17-40)15-20-9-5-3-6-10-20)14-8-4-7-11-24(43)36-26(29(46)37-27)33-21(16-39)12-13-25(44)45/h3-6,8-10,16-19,21-23,26-28,33-35,42H,7,11-15H2,1-2H3,(H,32,47)(H,36,43)(H,37,46)(H,44,45)/t19-,21+,22+,23-,26-,27-,28-/m1/s1. The Balaban J connectivity index is 2.57. The molecule has 0 radical (unpaired) electrons. The van der Waals surface area contributed by atoms with E-state index in [0.717, 1.165) is 10.5 Å². The molecule has 17 nitrogen and oxygen atoms in total. The van der Waals surface area contributed by atoms with Gasteiger partial charge in [0.05, 0.1) is 24.2 Å². The first-order chi connectivity index (χ1) is 22.9. The Bertz CT molecular complexity index is 1310. The molecule has 0 saturated carbocycles. The second kappa shape index (κ2) is 20.4. The zero-order valence-electron chi connectivity index (χ0n) is 26.7. The average Bonchev–Trinajstić information content (AvgIpc) is 3.07. The van der Waals surface area contributed by atoms with Gasteiger partial charge in [-0.15, -0.1) is 0 Å². The van der Waals surface area contributed by atoms with Crippen molar-refractivity contribution in [3.05, 3.63) is 48.0 Å². The molecule has 1 aliphatic heterocycles. The Morgan fingerprint density at radius 3 is 2.25 bits per heavy atom. The van der Waals surface area contributed by atoms with E-state index in [1.807, 2.05) is 0 Å². The molecule has 2 rings (SSSR count). The SMILES string of the molecule is CNC(=O)[C@H](N[C@H](C=O)Cc1ccccc1)N1CC=CCCC(=O)N[C@@H](N[C@H](C=O)CCC(=O)O)C(=O)N[C@@H](N[C@H](C=O)[C@@H](C)O)C1=O. The molecule has 1 aromatic rings. The largest absolute Gasteiger partial charge is 0.481 e. The molecule has 1 aliphatic rings. The lowest BCUT2D eigenvalue weighted by atomic mass is 10.1. The third-order valence-electron chi connectivity index (χ3n) is 7.27. The first-order valence-corrected chi connectivity index (χ1v) is 15.3. The van der Waals surface area contributed by atoms with E-state index in [0.29, 0.717) is 18.9 Å². The third kappa shape index (κ3) is 12.7. The van der Waals surface area contributed by atoms with Crippen molar-refractivity contribution in [1.29, 1.82) is 0 Å². The molecule has 0 fully saturated rings. The number of amides is 4. The maximum atomic E-state index is 14.3. The van der Waals surface area contributed by atoms with Crippen LogP contribution in [0.5, 0.6) is 0 Å². The summed E-state index contributed by atoms with van der Waals surface area (Å²) >= 11 is 0. The first-order valence-electron chi connectivity index (χ1n) is 15.3. The summed E-state index contributed by atoms with van der Waals surface area (Å²) in [7, 11) is 1.32. The van der Waals surface area contributed by atoms with Crippen LogP contribution in [0.2, 0.25) is 0 Å². The molecular formula is C31H43N7O10. The molecule has 1 aromatic carbocycles. The molecule has 262 valence electrons. The van der Waals surface area contributed by atoms with Gasteiger partial charge in [-0.05, 0) is 31.7 Å². The van der Waals surface area contributed by atoms with Crippen LogP contribution >= 0.6 is 0 Å². The van der Waals surface area contributed by atoms with E-state index in [2.05, 4.69) is 31.9 Å². The number of aldehydes is 3. The number of aliphatic hydroxyl groups excluding tert-OH is 1. The van der Waals surface area contributed by atoms with Crippen LogP contribution in [0.3, 0.4) is 0 Å². The van der Waals surface area contributed by atoms with Gasteiger partial charge >= 0.3 is 5.97 Å². The van der Waals surface area contributed by atoms with Crippen LogP contribution in [-0.4, -0.2) is 120 Å². The van der Waals surface area contributed by atoms with Crippen LogP contribution in [0.1, 0.15) is 38.2 Å². The highest BCUT2D eigenvalue weighted by Crippen LogP contribution is 2.09. The van der Waals surface area contributed by atoms with Gasteiger partial charge in [0.1, 0.15) is 18.9 Å². The van der Waals surface area contributed by atoms with Gasteiger partial charge in [-0.1, -0.05) is 42.5 Å². The number of nitrogens with zero attached hydrogens (tertiary/aromatic N) is 1. The van der Waals surface area contributed by atoms with Crippen molar-refractivity contribution < 1.29 is 48.6 Å². The molecule has 0 aromatic heterocycles. The number of likely N-dealkylation sites (N-methyl/N-ethyl adjacent to an activating group) is 1. The number of rotatable bonds is 17. The molecule has 0 bridgehead atoms. The van der Waals surface area contributed by atoms with Gasteiger partial charge in [0, 0.05) is 26.4 Å². The minimum atomic E-state index is -1.82. The van der Waals surface area contributed by atoms with E-state index >= 15 is 0 Å². The fraction of sp³-hybridized carbons (Fsp3) is 0.484. The van der Waals surface area contributed by atoms with E-state index in [9.17, 15) is 43.5 Å². The number of nitrogens with one attached hydrogen (secondary N) is 6. The lowest BCUT2D eigenvalue weighted by molar-refractivity contribution is -0.146. The quantitative estimate of drug-likeness (QED) is 0.0610. The van der Waals surface area contributed by atoms with Crippen LogP contribution < -0.4 is 31.9 Å². The predicted molar refractivity (Wildman–Crippen MR) is 169 cm³/mol. The molecule has 0 unspecified atom stereocenters. The number of aliphatic carboxylic acids is 1. The van der Waals surface area contributed by atoms with E-state index in [1.165, 1.54) is 20.0 Å². The number of allylic oxidation sites excluding steroid dienone is 1. The summed E-state index contributed by atoms with van der Waals surface area (Å²) in [5, 5.41) is 34.4. The maximum Gasteiger partial charge on any atom is 0.303 e. The highest BCUT2D eigenvalue weighted by Gasteiger charge is 2.38. The van der Waals surface area contributed by atoms with Crippen molar-refractivity contribution in [2.45, 2.75) is 81.8 Å². The van der Waals surface area contributed by atoms with Crippen molar-refractivity contribution >= 4 is 48.5 Å². The Morgan fingerprint density at radius 1 is 0.979 bits per heavy atom. The number of carbonyl (C=O) groups excluding carboxylic acids is 7. The molecule has 0 spiro atoms. The second-order valence-corrected chi connectivity index (χ2v) is 11.0. The number of aliphatic hydroxyl groups is 1. The van der Waals surface area contributed by atoms with Crippen molar-refractivity contribution in [1.82, 2.24) is 36.8 Å². The normalized spacial score (nSPS) is 20.6. The zero-order chi connectivity index (χ0) is 35.6. The van der Waals surface area contributed by atoms with E-state index in [1.54, 1.807) is 36.4 Å². The van der Waals surface area contributed by atoms with Crippen molar-refractivity contribution in [2.24, 2.45) is 0 Å². The molecule has 1 heterocycles. The Morgan fingerprint density at radius 2 is 1.67 bits per heavy atom. The number of carboxylic acid groups (broad SMARTS) is 1. The number of benzene rings is 1. The fourth-order valence-corrected chi connectivity index (χ4v) is 4.65. The van der Waals surface area contributed by atoms with Gasteiger partial charge < -0.3 is 45.4 Å². The Hall–Kier alpha value is -4.84. The number of hydrogen-bond acceptors (Lipinski definition) is 12. The molecule has 48 heavy (non-hydrogen) atoms. The van der Waals surface area contributed by atoms with Gasteiger partial charge in [-0.25, -0.2) is 0 Å². The minimum absolute atomic E-state index is 0.130. The second-order valence-electron chi connectivity index (χ2n) is 11.0. The highest BCUT2D eigenvalue weighted by atomic mass is 16.4. The van der Waals surface area contributed by atoms with Gasteiger partial charge in [0.2, 0.25) is 5.91 Å². The van der Waals surface area contributed by atoms with Gasteiger partial charge in [-0.2, -0.15) is 0 Å². The molecule has 4 amide bonds. The van der Waals surface area contributed by atoms with E-state index < -0.39 is 78.7 Å². The summed E-state index contributed by atoms with van der Waals surface area (Å²) in [6.45, 7) is 0.994. The van der Waals surface area contributed by atoms with Crippen molar-refractivity contribution in [3.63, 3.8) is 0 Å². The van der Waals surface area contributed by atoms with Crippen molar-refractivity contribution in [2.75, 3.05) is 13.6 Å². The molecule has 0 saturated heterocycles. The fourth-order valence-electron chi connectivity index (χ4n) is 4.65. The topological polar surface area (TPSA) is 252 Å². The summed E-state index contributed by atoms with van der Waals surface area (Å²) < 4.78 is 0. The Labute approximate surface area is 277 Å². The van der Waals surface area contributed by atoms with Crippen LogP contribution in [0.4, 0.5) is 0 Å². The molecule has 17 heteroatoms. The van der Waals surface area contributed by atoms with Crippen LogP contribution in [0.25, 0.3) is 0 Å². The minimum Gasteiger partial charge on any atom is -0.481 e. The summed E-state index contributed by atoms with van der Waals surface area (Å²) in [6.07, 6.45) is -2.51. The summed E-state index contributed by atoms with van der Waals surface area (Å²) in [6, 6.07) is 5.34. The molecular weight excluding hydrogens is 630 g/mol. The lowest BCUT2D eigenvalue weighted by Gasteiger charge is -2.36. The molecule has 0 aliphatic carbocycles. The van der Waals surface area contributed by atoms with E-state index in [-0.39, 0.29) is 32.2 Å². The van der Waals surface area contributed by atoms with Crippen LogP contribution in [0, 0.1) is 0 Å².